The molecule has 102 valence electrons. The molecule has 1 aromatic rings. The van der Waals surface area contributed by atoms with E-state index in [1.165, 1.54) is 11.3 Å². The number of thiophene rings is 1. The topological polar surface area (TPSA) is 38.5 Å². The number of hydrogen-bond donors (Lipinski definition) is 1. The van der Waals surface area contributed by atoms with Gasteiger partial charge in [-0.2, -0.15) is 0 Å². The minimum Gasteiger partial charge on any atom is -0.380 e. The van der Waals surface area contributed by atoms with Gasteiger partial charge in [-0.25, -0.2) is 0 Å². The summed E-state index contributed by atoms with van der Waals surface area (Å²) in [7, 11) is 1.82. The van der Waals surface area contributed by atoms with Crippen LogP contribution in [0.5, 0.6) is 0 Å². The van der Waals surface area contributed by atoms with Crippen molar-refractivity contribution in [1.29, 1.82) is 0 Å². The predicted octanol–water partition coefficient (Wildman–Crippen LogP) is 2.49. The van der Waals surface area contributed by atoms with E-state index >= 15 is 0 Å². The summed E-state index contributed by atoms with van der Waals surface area (Å²) in [6.07, 6.45) is 1.52. The monoisotopic (exact) mass is 268 g/mol. The molecule has 2 rings (SSSR count). The highest BCUT2D eigenvalue weighted by Gasteiger charge is 2.32. The quantitative estimate of drug-likeness (QED) is 0.912. The summed E-state index contributed by atoms with van der Waals surface area (Å²) in [5.74, 6) is 0.642. The first kappa shape index (κ1) is 14.0. The standard InChI is InChI=1S/C14H24N2OS/c1-10-6-7-16(9-12(10)17-3)14(11(2)15)13-5-4-8-18-13/h4-5,8,10-12,14H,6-7,9,15H2,1-3H3. The molecular weight excluding hydrogens is 244 g/mol. The lowest BCUT2D eigenvalue weighted by atomic mass is 9.93. The van der Waals surface area contributed by atoms with Crippen LogP contribution >= 0.6 is 11.3 Å². The van der Waals surface area contributed by atoms with Crippen molar-refractivity contribution in [2.75, 3.05) is 20.2 Å². The number of likely N-dealkylation sites (tertiary alicyclic amines) is 1. The molecule has 0 radical (unpaired) electrons. The highest BCUT2D eigenvalue weighted by atomic mass is 32.1. The number of nitrogens with zero attached hydrogens (tertiary/aromatic N) is 1. The van der Waals surface area contributed by atoms with Gasteiger partial charge in [-0.3, -0.25) is 4.90 Å². The van der Waals surface area contributed by atoms with E-state index in [1.807, 2.05) is 7.11 Å². The maximum Gasteiger partial charge on any atom is 0.0724 e. The molecule has 0 bridgehead atoms. The van der Waals surface area contributed by atoms with Gasteiger partial charge in [0.05, 0.1) is 12.1 Å². The van der Waals surface area contributed by atoms with Gasteiger partial charge in [-0.15, -0.1) is 11.3 Å². The lowest BCUT2D eigenvalue weighted by Crippen LogP contribution is -2.49. The Morgan fingerprint density at radius 2 is 2.33 bits per heavy atom. The maximum atomic E-state index is 6.20. The molecule has 1 fully saturated rings. The Hall–Kier alpha value is -0.420. The van der Waals surface area contributed by atoms with Crippen LogP contribution in [-0.4, -0.2) is 37.2 Å². The molecule has 4 heteroatoms. The smallest absolute Gasteiger partial charge is 0.0724 e. The number of rotatable bonds is 4. The van der Waals surface area contributed by atoms with Gasteiger partial charge < -0.3 is 10.5 Å². The van der Waals surface area contributed by atoms with Crippen LogP contribution in [-0.2, 0) is 4.74 Å². The van der Waals surface area contributed by atoms with Crippen molar-refractivity contribution in [1.82, 2.24) is 4.90 Å². The molecule has 0 aromatic carbocycles. The Kier molecular flexibility index (Phi) is 4.78. The second-order valence-corrected chi connectivity index (χ2v) is 6.33. The molecule has 4 atom stereocenters. The Bertz CT molecular complexity index is 353. The molecule has 0 saturated carbocycles. The molecule has 0 amide bonds. The summed E-state index contributed by atoms with van der Waals surface area (Å²) in [5.41, 5.74) is 6.20. The molecule has 1 saturated heterocycles. The van der Waals surface area contributed by atoms with Crippen molar-refractivity contribution in [3.05, 3.63) is 22.4 Å². The molecular formula is C14H24N2OS. The van der Waals surface area contributed by atoms with Crippen LogP contribution in [0.4, 0.5) is 0 Å². The molecule has 0 aliphatic carbocycles. The number of ether oxygens (including phenoxy) is 1. The molecule has 1 aromatic heterocycles. The molecule has 4 unspecified atom stereocenters. The molecule has 2 N–H and O–H groups in total. The minimum absolute atomic E-state index is 0.148. The third-order valence-corrected chi connectivity index (χ3v) is 4.89. The van der Waals surface area contributed by atoms with Crippen molar-refractivity contribution in [3.63, 3.8) is 0 Å². The fourth-order valence-corrected chi connectivity index (χ4v) is 3.82. The zero-order valence-electron chi connectivity index (χ0n) is 11.5. The van der Waals surface area contributed by atoms with Crippen LogP contribution in [0.2, 0.25) is 0 Å². The van der Waals surface area contributed by atoms with E-state index in [0.29, 0.717) is 18.1 Å². The minimum atomic E-state index is 0.148. The van der Waals surface area contributed by atoms with Crippen LogP contribution in [0, 0.1) is 5.92 Å². The SMILES string of the molecule is COC1CN(C(c2cccs2)C(C)N)CCC1C. The number of piperidine rings is 1. The summed E-state index contributed by atoms with van der Waals surface area (Å²) >= 11 is 1.80. The van der Waals surface area contributed by atoms with E-state index in [4.69, 9.17) is 10.5 Å². The number of hydrogen-bond acceptors (Lipinski definition) is 4. The van der Waals surface area contributed by atoms with Crippen molar-refractivity contribution in [2.45, 2.75) is 38.5 Å². The van der Waals surface area contributed by atoms with Crippen molar-refractivity contribution < 1.29 is 4.74 Å². The first-order valence-electron chi connectivity index (χ1n) is 6.69. The molecule has 18 heavy (non-hydrogen) atoms. The van der Waals surface area contributed by atoms with E-state index in [2.05, 4.69) is 36.3 Å². The van der Waals surface area contributed by atoms with Gasteiger partial charge in [0, 0.05) is 24.6 Å². The fourth-order valence-electron chi connectivity index (χ4n) is 2.85. The van der Waals surface area contributed by atoms with Crippen molar-refractivity contribution in [2.24, 2.45) is 11.7 Å². The van der Waals surface area contributed by atoms with Gasteiger partial charge in [0.2, 0.25) is 0 Å². The van der Waals surface area contributed by atoms with Crippen molar-refractivity contribution in [3.8, 4) is 0 Å². The highest BCUT2D eigenvalue weighted by Crippen LogP contribution is 2.31. The van der Waals surface area contributed by atoms with Crippen LogP contribution in [0.25, 0.3) is 0 Å². The Morgan fingerprint density at radius 1 is 1.56 bits per heavy atom. The van der Waals surface area contributed by atoms with E-state index in [1.54, 1.807) is 11.3 Å². The van der Waals surface area contributed by atoms with E-state index in [0.717, 1.165) is 13.1 Å². The van der Waals surface area contributed by atoms with Crippen molar-refractivity contribution >= 4 is 11.3 Å². The van der Waals surface area contributed by atoms with E-state index < -0.39 is 0 Å². The van der Waals surface area contributed by atoms with Gasteiger partial charge in [0.25, 0.3) is 0 Å². The van der Waals surface area contributed by atoms with Gasteiger partial charge >= 0.3 is 0 Å². The highest BCUT2D eigenvalue weighted by molar-refractivity contribution is 7.10. The average molecular weight is 268 g/mol. The Labute approximate surface area is 114 Å². The van der Waals surface area contributed by atoms with Crippen LogP contribution in [0.15, 0.2) is 17.5 Å². The second-order valence-electron chi connectivity index (χ2n) is 5.35. The normalized spacial score (nSPS) is 29.1. The summed E-state index contributed by atoms with van der Waals surface area (Å²) < 4.78 is 5.60. The third-order valence-electron chi connectivity index (χ3n) is 3.95. The van der Waals surface area contributed by atoms with Gasteiger partial charge in [-0.05, 0) is 37.3 Å². The lowest BCUT2D eigenvalue weighted by Gasteiger charge is -2.41. The lowest BCUT2D eigenvalue weighted by molar-refractivity contribution is -0.0218. The molecule has 1 aliphatic rings. The van der Waals surface area contributed by atoms with Crippen LogP contribution in [0.3, 0.4) is 0 Å². The fraction of sp³-hybridized carbons (Fsp3) is 0.714. The zero-order valence-corrected chi connectivity index (χ0v) is 12.3. The van der Waals surface area contributed by atoms with Crippen LogP contribution in [0.1, 0.15) is 31.2 Å². The van der Waals surface area contributed by atoms with E-state index in [9.17, 15) is 0 Å². The number of methoxy groups -OCH3 is 1. The number of nitrogens with two attached hydrogens (primary N) is 1. The summed E-state index contributed by atoms with van der Waals surface area (Å²) in [5, 5.41) is 2.13. The third kappa shape index (κ3) is 2.94. The Morgan fingerprint density at radius 3 is 2.89 bits per heavy atom. The van der Waals surface area contributed by atoms with Crippen LogP contribution < -0.4 is 5.73 Å². The first-order valence-corrected chi connectivity index (χ1v) is 7.57. The largest absolute Gasteiger partial charge is 0.380 e. The van der Waals surface area contributed by atoms with Gasteiger partial charge in [0.1, 0.15) is 0 Å². The summed E-state index contributed by atoms with van der Waals surface area (Å²) in [6.45, 7) is 6.48. The Balaban J connectivity index is 2.12. The van der Waals surface area contributed by atoms with Gasteiger partial charge in [-0.1, -0.05) is 13.0 Å². The summed E-state index contributed by atoms with van der Waals surface area (Å²) in [6, 6.07) is 4.78. The molecule has 3 nitrogen and oxygen atoms in total. The molecule has 0 spiro atoms. The molecule has 1 aliphatic heterocycles. The average Bonchev–Trinajstić information content (AvgIpc) is 2.84. The maximum absolute atomic E-state index is 6.20. The predicted molar refractivity (Wildman–Crippen MR) is 76.9 cm³/mol. The zero-order chi connectivity index (χ0) is 13.1. The second kappa shape index (κ2) is 6.15. The first-order chi connectivity index (χ1) is 8.63. The summed E-state index contributed by atoms with van der Waals surface area (Å²) in [4.78, 5) is 3.86. The molecule has 2 heterocycles. The van der Waals surface area contributed by atoms with E-state index in [-0.39, 0.29) is 6.04 Å². The van der Waals surface area contributed by atoms with Gasteiger partial charge in [0.15, 0.2) is 0 Å².